The number of rotatable bonds is 0. The molecule has 0 aromatic carbocycles. The van der Waals surface area contributed by atoms with Gasteiger partial charge < -0.3 is 9.64 Å². The van der Waals surface area contributed by atoms with Crippen molar-refractivity contribution in [3.63, 3.8) is 0 Å². The third-order valence-electron chi connectivity index (χ3n) is 2.35. The van der Waals surface area contributed by atoms with Gasteiger partial charge in [0.25, 0.3) is 0 Å². The van der Waals surface area contributed by atoms with Crippen molar-refractivity contribution in [2.24, 2.45) is 0 Å². The summed E-state index contributed by atoms with van der Waals surface area (Å²) in [4.78, 5) is 13.3. The van der Waals surface area contributed by atoms with E-state index in [9.17, 15) is 4.79 Å². The highest BCUT2D eigenvalue weighted by Crippen LogP contribution is 2.20. The van der Waals surface area contributed by atoms with Crippen LogP contribution in [-0.2, 0) is 9.53 Å². The maximum atomic E-state index is 11.3. The monoisotopic (exact) mass is 191 g/mol. The molecular formula is C11H13NO2. The molecule has 0 saturated heterocycles. The van der Waals surface area contributed by atoms with E-state index in [-0.39, 0.29) is 12.4 Å². The number of nitrogens with zero attached hydrogens (tertiary/aromatic N) is 1. The first kappa shape index (κ1) is 9.06. The van der Waals surface area contributed by atoms with E-state index in [4.69, 9.17) is 4.74 Å². The smallest absolute Gasteiger partial charge is 0.189 e. The molecule has 14 heavy (non-hydrogen) atoms. The molecule has 0 spiro atoms. The highest BCUT2D eigenvalue weighted by Gasteiger charge is 2.19. The van der Waals surface area contributed by atoms with Crippen LogP contribution in [0.4, 0.5) is 0 Å². The topological polar surface area (TPSA) is 29.5 Å². The molecule has 1 heterocycles. The molecule has 1 aliphatic heterocycles. The van der Waals surface area contributed by atoms with E-state index < -0.39 is 0 Å². The number of carbonyl (C=O) groups excluding carboxylic acids is 1. The third kappa shape index (κ3) is 1.71. The molecule has 1 aliphatic carbocycles. The van der Waals surface area contributed by atoms with Crippen LogP contribution in [0.25, 0.3) is 0 Å². The first-order valence-corrected chi connectivity index (χ1v) is 4.69. The predicted molar refractivity (Wildman–Crippen MR) is 53.5 cm³/mol. The van der Waals surface area contributed by atoms with Crippen molar-refractivity contribution in [2.45, 2.75) is 6.42 Å². The average Bonchev–Trinajstić information content (AvgIpc) is 2.44. The molecule has 0 saturated carbocycles. The van der Waals surface area contributed by atoms with Gasteiger partial charge in [-0.1, -0.05) is 18.2 Å². The summed E-state index contributed by atoms with van der Waals surface area (Å²) in [6.45, 7) is 0.633. The van der Waals surface area contributed by atoms with Crippen LogP contribution in [0, 0.1) is 0 Å². The fraction of sp³-hybridized carbons (Fsp3) is 0.364. The van der Waals surface area contributed by atoms with Crippen LogP contribution < -0.4 is 0 Å². The van der Waals surface area contributed by atoms with Gasteiger partial charge in [-0.25, -0.2) is 0 Å². The first-order valence-electron chi connectivity index (χ1n) is 4.69. The fourth-order valence-electron chi connectivity index (χ4n) is 1.64. The van der Waals surface area contributed by atoms with Gasteiger partial charge in [-0.2, -0.15) is 0 Å². The van der Waals surface area contributed by atoms with Gasteiger partial charge >= 0.3 is 0 Å². The zero-order chi connectivity index (χ0) is 9.97. The molecule has 0 amide bonds. The molecule has 2 rings (SSSR count). The largest absolute Gasteiger partial charge is 0.484 e. The summed E-state index contributed by atoms with van der Waals surface area (Å²) in [7, 11) is 1.93. The summed E-state index contributed by atoms with van der Waals surface area (Å²) in [6.07, 6.45) is 8.73. The van der Waals surface area contributed by atoms with Crippen molar-refractivity contribution in [3.05, 3.63) is 35.8 Å². The molecule has 0 bridgehead atoms. The van der Waals surface area contributed by atoms with Crippen LogP contribution in [0.15, 0.2) is 35.8 Å². The van der Waals surface area contributed by atoms with Crippen LogP contribution in [0.3, 0.4) is 0 Å². The van der Waals surface area contributed by atoms with Crippen molar-refractivity contribution in [2.75, 3.05) is 20.2 Å². The Morgan fingerprint density at radius 2 is 2.29 bits per heavy atom. The molecule has 0 unspecified atom stereocenters. The predicted octanol–water partition coefficient (Wildman–Crippen LogP) is 1.25. The van der Waals surface area contributed by atoms with Gasteiger partial charge in [-0.05, 0) is 6.08 Å². The summed E-state index contributed by atoms with van der Waals surface area (Å²) in [5, 5.41) is 0. The summed E-state index contributed by atoms with van der Waals surface area (Å²) < 4.78 is 5.43. The van der Waals surface area contributed by atoms with Crippen LogP contribution in [0.5, 0.6) is 0 Å². The highest BCUT2D eigenvalue weighted by molar-refractivity contribution is 5.82. The van der Waals surface area contributed by atoms with Crippen molar-refractivity contribution in [1.82, 2.24) is 4.90 Å². The van der Waals surface area contributed by atoms with Crippen molar-refractivity contribution in [1.29, 1.82) is 0 Å². The number of Topliss-reactive ketones (excluding diaryl/α,β-unsaturated/α-hetero) is 1. The second-order valence-electron chi connectivity index (χ2n) is 3.49. The average molecular weight is 191 g/mol. The standard InChI is InChI=1S/C11H13NO2/c1-12-7-9(13)8-14-11-6-4-2-3-5-10(11)12/h2-4,6H,5,7-8H2,1H3. The van der Waals surface area contributed by atoms with E-state index in [1.807, 2.05) is 30.2 Å². The Labute approximate surface area is 83.3 Å². The van der Waals surface area contributed by atoms with Crippen LogP contribution in [-0.4, -0.2) is 30.9 Å². The van der Waals surface area contributed by atoms with E-state index >= 15 is 0 Å². The third-order valence-corrected chi connectivity index (χ3v) is 2.35. The minimum absolute atomic E-state index is 0.123. The molecular weight excluding hydrogens is 178 g/mol. The van der Waals surface area contributed by atoms with Gasteiger partial charge in [0.1, 0.15) is 12.4 Å². The normalized spacial score (nSPS) is 21.5. The van der Waals surface area contributed by atoms with Gasteiger partial charge in [0.05, 0.1) is 12.2 Å². The molecule has 0 aromatic rings. The molecule has 0 aromatic heterocycles. The van der Waals surface area contributed by atoms with Gasteiger partial charge in [0, 0.05) is 13.5 Å². The second-order valence-corrected chi connectivity index (χ2v) is 3.49. The number of hydrogen-bond acceptors (Lipinski definition) is 3. The molecule has 3 nitrogen and oxygen atoms in total. The van der Waals surface area contributed by atoms with Crippen LogP contribution in [0.2, 0.25) is 0 Å². The fourth-order valence-corrected chi connectivity index (χ4v) is 1.64. The van der Waals surface area contributed by atoms with Crippen molar-refractivity contribution >= 4 is 5.78 Å². The summed E-state index contributed by atoms with van der Waals surface area (Å²) in [5.41, 5.74) is 1.08. The van der Waals surface area contributed by atoms with Crippen molar-refractivity contribution < 1.29 is 9.53 Å². The number of ketones is 1. The van der Waals surface area contributed by atoms with Crippen LogP contribution in [0.1, 0.15) is 6.42 Å². The molecule has 0 fully saturated rings. The first-order chi connectivity index (χ1) is 6.77. The molecule has 74 valence electrons. The molecule has 0 atom stereocenters. The minimum Gasteiger partial charge on any atom is -0.484 e. The summed E-state index contributed by atoms with van der Waals surface area (Å²) in [5.74, 6) is 0.946. The zero-order valence-corrected chi connectivity index (χ0v) is 8.19. The summed E-state index contributed by atoms with van der Waals surface area (Å²) >= 11 is 0. The van der Waals surface area contributed by atoms with Gasteiger partial charge in [-0.15, -0.1) is 0 Å². The quantitative estimate of drug-likeness (QED) is 0.577. The highest BCUT2D eigenvalue weighted by atomic mass is 16.5. The Balaban J connectivity index is 2.31. The lowest BCUT2D eigenvalue weighted by Gasteiger charge is -2.18. The minimum atomic E-state index is 0.123. The molecule has 0 radical (unpaired) electrons. The van der Waals surface area contributed by atoms with E-state index in [1.165, 1.54) is 0 Å². The number of carbonyl (C=O) groups is 1. The SMILES string of the molecule is CN1CC(=O)COC2=C1CC=CC=C2. The van der Waals surface area contributed by atoms with E-state index in [0.29, 0.717) is 6.54 Å². The van der Waals surface area contributed by atoms with E-state index in [0.717, 1.165) is 17.9 Å². The van der Waals surface area contributed by atoms with Gasteiger partial charge in [0.15, 0.2) is 5.78 Å². The lowest BCUT2D eigenvalue weighted by molar-refractivity contribution is -0.121. The Morgan fingerprint density at radius 3 is 3.14 bits per heavy atom. The van der Waals surface area contributed by atoms with E-state index in [2.05, 4.69) is 6.08 Å². The van der Waals surface area contributed by atoms with Gasteiger partial charge in [0.2, 0.25) is 0 Å². The molecule has 2 aliphatic rings. The lowest BCUT2D eigenvalue weighted by atomic mass is 10.2. The van der Waals surface area contributed by atoms with Crippen molar-refractivity contribution in [3.8, 4) is 0 Å². The number of likely N-dealkylation sites (N-methyl/N-ethyl adjacent to an activating group) is 1. The maximum absolute atomic E-state index is 11.3. The number of hydrogen-bond donors (Lipinski definition) is 0. The van der Waals surface area contributed by atoms with Crippen LogP contribution >= 0.6 is 0 Å². The van der Waals surface area contributed by atoms with E-state index in [1.54, 1.807) is 0 Å². The number of ether oxygens (including phenoxy) is 1. The van der Waals surface area contributed by atoms with Gasteiger partial charge in [-0.3, -0.25) is 4.79 Å². The Kier molecular flexibility index (Phi) is 2.39. The Hall–Kier alpha value is -1.51. The Bertz CT molecular complexity index is 339. The molecule has 3 heteroatoms. The lowest BCUT2D eigenvalue weighted by Crippen LogP contribution is -2.24. The second kappa shape index (κ2) is 3.70. The zero-order valence-electron chi connectivity index (χ0n) is 8.19. The molecule has 0 N–H and O–H groups in total. The maximum Gasteiger partial charge on any atom is 0.189 e. The summed E-state index contributed by atoms with van der Waals surface area (Å²) in [6, 6.07) is 0. The Morgan fingerprint density at radius 1 is 1.43 bits per heavy atom. The number of allylic oxidation sites excluding steroid dienone is 4.